The van der Waals surface area contributed by atoms with Crippen LogP contribution in [0.1, 0.15) is 12.5 Å². The lowest BCUT2D eigenvalue weighted by molar-refractivity contribution is 0.244. The molecule has 1 aromatic rings. The molecule has 0 fully saturated rings. The number of rotatable bonds is 4. The molecule has 0 aliphatic heterocycles. The SMILES string of the molecule is Cc1ccc(F)c(NCC(C)CO)c1F. The van der Waals surface area contributed by atoms with Crippen molar-refractivity contribution in [2.75, 3.05) is 18.5 Å². The first-order chi connectivity index (χ1) is 7.06. The average molecular weight is 215 g/mol. The Morgan fingerprint density at radius 2 is 2.07 bits per heavy atom. The van der Waals surface area contributed by atoms with Gasteiger partial charge in [-0.05, 0) is 24.5 Å². The second-order valence-electron chi connectivity index (χ2n) is 3.72. The summed E-state index contributed by atoms with van der Waals surface area (Å²) in [7, 11) is 0. The van der Waals surface area contributed by atoms with E-state index in [-0.39, 0.29) is 18.2 Å². The summed E-state index contributed by atoms with van der Waals surface area (Å²) in [6, 6.07) is 2.62. The fourth-order valence-corrected chi connectivity index (χ4v) is 1.16. The first kappa shape index (κ1) is 11.9. The summed E-state index contributed by atoms with van der Waals surface area (Å²) < 4.78 is 26.7. The number of halogens is 2. The smallest absolute Gasteiger partial charge is 0.152 e. The fraction of sp³-hybridized carbons (Fsp3) is 0.455. The van der Waals surface area contributed by atoms with Crippen LogP contribution in [0.4, 0.5) is 14.5 Å². The Bertz CT molecular complexity index is 342. The van der Waals surface area contributed by atoms with E-state index in [1.165, 1.54) is 12.1 Å². The number of nitrogens with one attached hydrogen (secondary N) is 1. The standard InChI is InChI=1S/C11H15F2NO/c1-7(6-15)5-14-11-9(12)4-3-8(2)10(11)13/h3-4,7,14-15H,5-6H2,1-2H3. The molecular formula is C11H15F2NO. The molecule has 1 rings (SSSR count). The van der Waals surface area contributed by atoms with E-state index in [1.54, 1.807) is 13.8 Å². The van der Waals surface area contributed by atoms with E-state index in [2.05, 4.69) is 5.32 Å². The van der Waals surface area contributed by atoms with E-state index in [0.29, 0.717) is 12.1 Å². The molecule has 0 saturated heterocycles. The van der Waals surface area contributed by atoms with E-state index in [9.17, 15) is 8.78 Å². The van der Waals surface area contributed by atoms with Crippen molar-refractivity contribution in [2.45, 2.75) is 13.8 Å². The molecule has 0 radical (unpaired) electrons. The molecule has 0 bridgehead atoms. The molecule has 0 saturated carbocycles. The topological polar surface area (TPSA) is 32.3 Å². The van der Waals surface area contributed by atoms with Gasteiger partial charge in [-0.1, -0.05) is 13.0 Å². The first-order valence-corrected chi connectivity index (χ1v) is 4.85. The zero-order valence-corrected chi connectivity index (χ0v) is 8.85. The number of hydrogen-bond acceptors (Lipinski definition) is 2. The minimum Gasteiger partial charge on any atom is -0.396 e. The molecule has 0 aromatic heterocycles. The number of aryl methyl sites for hydroxylation is 1. The molecule has 0 amide bonds. The van der Waals surface area contributed by atoms with Gasteiger partial charge in [0.05, 0.1) is 0 Å². The Morgan fingerprint density at radius 1 is 1.40 bits per heavy atom. The van der Waals surface area contributed by atoms with Gasteiger partial charge in [0.15, 0.2) is 5.82 Å². The molecule has 1 unspecified atom stereocenters. The van der Waals surface area contributed by atoms with Crippen LogP contribution in [0.15, 0.2) is 12.1 Å². The van der Waals surface area contributed by atoms with E-state index in [0.717, 1.165) is 0 Å². The van der Waals surface area contributed by atoms with E-state index < -0.39 is 11.6 Å². The maximum atomic E-state index is 13.5. The van der Waals surface area contributed by atoms with Crippen molar-refractivity contribution < 1.29 is 13.9 Å². The quantitative estimate of drug-likeness (QED) is 0.807. The van der Waals surface area contributed by atoms with Crippen LogP contribution < -0.4 is 5.32 Å². The molecule has 84 valence electrons. The van der Waals surface area contributed by atoms with Crippen molar-refractivity contribution in [1.29, 1.82) is 0 Å². The van der Waals surface area contributed by atoms with Gasteiger partial charge < -0.3 is 10.4 Å². The summed E-state index contributed by atoms with van der Waals surface area (Å²) in [5.41, 5.74) is 0.283. The van der Waals surface area contributed by atoms with Crippen LogP contribution in [0.3, 0.4) is 0 Å². The van der Waals surface area contributed by atoms with E-state index >= 15 is 0 Å². The summed E-state index contributed by atoms with van der Waals surface area (Å²) in [6.45, 7) is 3.70. The minimum atomic E-state index is -0.608. The molecule has 0 aliphatic carbocycles. The van der Waals surface area contributed by atoms with Crippen LogP contribution in [-0.2, 0) is 0 Å². The van der Waals surface area contributed by atoms with Crippen molar-refractivity contribution in [1.82, 2.24) is 0 Å². The van der Waals surface area contributed by atoms with Crippen LogP contribution in [0.25, 0.3) is 0 Å². The number of hydrogen-bond donors (Lipinski definition) is 2. The predicted molar refractivity (Wildman–Crippen MR) is 55.8 cm³/mol. The normalized spacial score (nSPS) is 12.6. The van der Waals surface area contributed by atoms with Crippen molar-refractivity contribution in [3.05, 3.63) is 29.3 Å². The Labute approximate surface area is 87.9 Å². The van der Waals surface area contributed by atoms with Gasteiger partial charge in [-0.2, -0.15) is 0 Å². The molecule has 4 heteroatoms. The van der Waals surface area contributed by atoms with Crippen molar-refractivity contribution in [2.24, 2.45) is 5.92 Å². The summed E-state index contributed by atoms with van der Waals surface area (Å²) >= 11 is 0. The Balaban J connectivity index is 2.80. The second kappa shape index (κ2) is 5.07. The molecule has 15 heavy (non-hydrogen) atoms. The first-order valence-electron chi connectivity index (χ1n) is 4.85. The highest BCUT2D eigenvalue weighted by molar-refractivity contribution is 5.48. The van der Waals surface area contributed by atoms with Crippen molar-refractivity contribution >= 4 is 5.69 Å². The zero-order chi connectivity index (χ0) is 11.4. The molecule has 0 heterocycles. The van der Waals surface area contributed by atoms with Gasteiger partial charge in [0.25, 0.3) is 0 Å². The predicted octanol–water partition coefficient (Wildman–Crippen LogP) is 2.31. The van der Waals surface area contributed by atoms with Crippen LogP contribution in [0, 0.1) is 24.5 Å². The lowest BCUT2D eigenvalue weighted by atomic mass is 10.1. The molecule has 1 aromatic carbocycles. The maximum absolute atomic E-state index is 13.5. The van der Waals surface area contributed by atoms with Gasteiger partial charge in [-0.3, -0.25) is 0 Å². The Morgan fingerprint density at radius 3 is 2.67 bits per heavy atom. The highest BCUT2D eigenvalue weighted by Gasteiger charge is 2.11. The van der Waals surface area contributed by atoms with Crippen molar-refractivity contribution in [3.63, 3.8) is 0 Å². The van der Waals surface area contributed by atoms with Crippen LogP contribution in [-0.4, -0.2) is 18.3 Å². The minimum absolute atomic E-state index is 0.0119. The summed E-state index contributed by atoms with van der Waals surface area (Å²) in [4.78, 5) is 0. The van der Waals surface area contributed by atoms with E-state index in [4.69, 9.17) is 5.11 Å². The monoisotopic (exact) mass is 215 g/mol. The molecular weight excluding hydrogens is 200 g/mol. The zero-order valence-electron chi connectivity index (χ0n) is 8.85. The summed E-state index contributed by atoms with van der Waals surface area (Å²) in [6.07, 6.45) is 0. The average Bonchev–Trinajstić information content (AvgIpc) is 2.23. The van der Waals surface area contributed by atoms with Gasteiger partial charge in [0.2, 0.25) is 0 Å². The summed E-state index contributed by atoms with van der Waals surface area (Å²) in [5.74, 6) is -1.22. The van der Waals surface area contributed by atoms with Crippen LogP contribution in [0.5, 0.6) is 0 Å². The van der Waals surface area contributed by atoms with Gasteiger partial charge >= 0.3 is 0 Å². The third kappa shape index (κ3) is 2.89. The van der Waals surface area contributed by atoms with Gasteiger partial charge in [0.1, 0.15) is 11.5 Å². The number of anilines is 1. The number of aliphatic hydroxyl groups excluding tert-OH is 1. The molecule has 2 nitrogen and oxygen atoms in total. The third-order valence-electron chi connectivity index (χ3n) is 2.22. The number of aliphatic hydroxyl groups is 1. The molecule has 1 atom stereocenters. The van der Waals surface area contributed by atoms with Crippen LogP contribution >= 0.6 is 0 Å². The fourth-order valence-electron chi connectivity index (χ4n) is 1.16. The van der Waals surface area contributed by atoms with Gasteiger partial charge in [-0.25, -0.2) is 8.78 Å². The lowest BCUT2D eigenvalue weighted by Gasteiger charge is -2.13. The van der Waals surface area contributed by atoms with Gasteiger partial charge in [0, 0.05) is 13.2 Å². The lowest BCUT2D eigenvalue weighted by Crippen LogP contribution is -2.16. The highest BCUT2D eigenvalue weighted by atomic mass is 19.1. The highest BCUT2D eigenvalue weighted by Crippen LogP contribution is 2.21. The number of benzene rings is 1. The largest absolute Gasteiger partial charge is 0.396 e. The summed E-state index contributed by atoms with van der Waals surface area (Å²) in [5, 5.41) is 11.4. The maximum Gasteiger partial charge on any atom is 0.152 e. The molecule has 0 aliphatic rings. The Hall–Kier alpha value is -1.16. The van der Waals surface area contributed by atoms with Crippen molar-refractivity contribution in [3.8, 4) is 0 Å². The van der Waals surface area contributed by atoms with E-state index in [1.807, 2.05) is 0 Å². The Kier molecular flexibility index (Phi) is 4.03. The second-order valence-corrected chi connectivity index (χ2v) is 3.72. The van der Waals surface area contributed by atoms with Gasteiger partial charge in [-0.15, -0.1) is 0 Å². The van der Waals surface area contributed by atoms with Crippen LogP contribution in [0.2, 0.25) is 0 Å². The molecule has 2 N–H and O–H groups in total. The molecule has 0 spiro atoms. The third-order valence-corrected chi connectivity index (χ3v) is 2.22.